The Morgan fingerprint density at radius 1 is 1.65 bits per heavy atom. The van der Waals surface area contributed by atoms with Gasteiger partial charge in [-0.2, -0.15) is 0 Å². The minimum Gasteiger partial charge on any atom is -0.321 e. The lowest BCUT2D eigenvalue weighted by Gasteiger charge is -2.16. The molecule has 2 aromatic rings. The van der Waals surface area contributed by atoms with Gasteiger partial charge in [-0.25, -0.2) is 4.98 Å². The van der Waals surface area contributed by atoms with Crippen molar-refractivity contribution in [2.24, 2.45) is 11.7 Å². The lowest BCUT2D eigenvalue weighted by atomic mass is 9.94. The Hall–Kier alpha value is -1.20. The lowest BCUT2D eigenvalue weighted by molar-refractivity contribution is -0.120. The normalized spacial score (nSPS) is 15.0. The van der Waals surface area contributed by atoms with Crippen LogP contribution in [0.1, 0.15) is 26.0 Å². The Morgan fingerprint density at radius 2 is 2.41 bits per heavy atom. The van der Waals surface area contributed by atoms with Gasteiger partial charge in [-0.15, -0.1) is 11.3 Å². The molecule has 0 radical (unpaired) electrons. The molecule has 4 nitrogen and oxygen atoms in total. The van der Waals surface area contributed by atoms with Gasteiger partial charge >= 0.3 is 0 Å². The van der Waals surface area contributed by atoms with Crippen molar-refractivity contribution in [2.75, 3.05) is 0 Å². The number of carbonyl (C=O) groups is 1. The van der Waals surface area contributed by atoms with Crippen LogP contribution in [0.15, 0.2) is 17.8 Å². The van der Waals surface area contributed by atoms with Crippen molar-refractivity contribution in [2.45, 2.75) is 32.7 Å². The van der Waals surface area contributed by atoms with Crippen molar-refractivity contribution in [1.82, 2.24) is 9.38 Å². The third-order valence-electron chi connectivity index (χ3n) is 3.13. The summed E-state index contributed by atoms with van der Waals surface area (Å²) in [7, 11) is 0. The minimum absolute atomic E-state index is 0.0742. The van der Waals surface area contributed by atoms with Gasteiger partial charge in [0.1, 0.15) is 0 Å². The molecule has 0 fully saturated rings. The van der Waals surface area contributed by atoms with Crippen LogP contribution < -0.4 is 5.73 Å². The highest BCUT2D eigenvalue weighted by atomic mass is 32.1. The molecule has 5 heteroatoms. The van der Waals surface area contributed by atoms with Crippen molar-refractivity contribution in [3.63, 3.8) is 0 Å². The van der Waals surface area contributed by atoms with Gasteiger partial charge in [0.15, 0.2) is 10.7 Å². The number of nitrogens with two attached hydrogens (primary N) is 1. The zero-order chi connectivity index (χ0) is 12.4. The van der Waals surface area contributed by atoms with Crippen LogP contribution in [0, 0.1) is 5.92 Å². The standard InChI is InChI=1S/C12H17N3OS/c1-3-8(2)11(13)10(16)6-9-7-15-4-5-17-12(15)14-9/h4-5,7-8,11H,3,6,13H2,1-2H3. The first-order valence-electron chi connectivity index (χ1n) is 5.81. The van der Waals surface area contributed by atoms with Crippen molar-refractivity contribution in [3.05, 3.63) is 23.5 Å². The lowest BCUT2D eigenvalue weighted by Crippen LogP contribution is -2.37. The summed E-state index contributed by atoms with van der Waals surface area (Å²) < 4.78 is 1.93. The molecule has 2 rings (SSSR count). The van der Waals surface area contributed by atoms with Crippen LogP contribution >= 0.6 is 11.3 Å². The fourth-order valence-corrected chi connectivity index (χ4v) is 2.45. The second-order valence-electron chi connectivity index (χ2n) is 4.38. The average molecular weight is 251 g/mol. The fourth-order valence-electron chi connectivity index (χ4n) is 1.73. The van der Waals surface area contributed by atoms with Crippen LogP contribution in [0.4, 0.5) is 0 Å². The topological polar surface area (TPSA) is 60.4 Å². The van der Waals surface area contributed by atoms with E-state index in [1.165, 1.54) is 0 Å². The van der Waals surface area contributed by atoms with Gasteiger partial charge in [-0.05, 0) is 5.92 Å². The largest absolute Gasteiger partial charge is 0.321 e. The van der Waals surface area contributed by atoms with E-state index in [4.69, 9.17) is 5.73 Å². The summed E-state index contributed by atoms with van der Waals surface area (Å²) in [5.74, 6) is 0.302. The maximum Gasteiger partial charge on any atom is 0.193 e. The molecular formula is C12H17N3OS. The molecule has 0 saturated carbocycles. The first-order chi connectivity index (χ1) is 8.11. The van der Waals surface area contributed by atoms with Gasteiger partial charge in [0.05, 0.1) is 18.2 Å². The van der Waals surface area contributed by atoms with Crippen LogP contribution in [0.2, 0.25) is 0 Å². The molecule has 0 saturated heterocycles. The van der Waals surface area contributed by atoms with E-state index in [2.05, 4.69) is 4.98 Å². The monoisotopic (exact) mass is 251 g/mol. The second kappa shape index (κ2) is 4.98. The van der Waals surface area contributed by atoms with Crippen molar-refractivity contribution < 1.29 is 4.79 Å². The molecule has 2 aromatic heterocycles. The molecule has 0 aliphatic carbocycles. The number of hydrogen-bond acceptors (Lipinski definition) is 4. The van der Waals surface area contributed by atoms with E-state index < -0.39 is 0 Å². The predicted octanol–water partition coefficient (Wildman–Crippen LogP) is 1.88. The van der Waals surface area contributed by atoms with Crippen LogP contribution in [0.3, 0.4) is 0 Å². The summed E-state index contributed by atoms with van der Waals surface area (Å²) in [4.78, 5) is 17.2. The number of thiazole rings is 1. The van der Waals surface area contributed by atoms with Crippen LogP contribution in [-0.4, -0.2) is 21.2 Å². The molecule has 2 atom stereocenters. The maximum atomic E-state index is 11.9. The number of aromatic nitrogens is 2. The zero-order valence-corrected chi connectivity index (χ0v) is 10.9. The van der Waals surface area contributed by atoms with Gasteiger partial charge in [0.25, 0.3) is 0 Å². The second-order valence-corrected chi connectivity index (χ2v) is 5.25. The quantitative estimate of drug-likeness (QED) is 0.882. The van der Waals surface area contributed by atoms with Gasteiger partial charge < -0.3 is 5.73 Å². The molecule has 2 unspecified atom stereocenters. The predicted molar refractivity (Wildman–Crippen MR) is 69.2 cm³/mol. The van der Waals surface area contributed by atoms with Gasteiger partial charge in [-0.3, -0.25) is 9.20 Å². The molecule has 17 heavy (non-hydrogen) atoms. The summed E-state index contributed by atoms with van der Waals surface area (Å²) in [5.41, 5.74) is 6.71. The number of ketones is 1. The highest BCUT2D eigenvalue weighted by molar-refractivity contribution is 7.15. The van der Waals surface area contributed by atoms with Crippen molar-refractivity contribution in [3.8, 4) is 0 Å². The Bertz CT molecular complexity index is 488. The Kier molecular flexibility index (Phi) is 3.59. The van der Waals surface area contributed by atoms with E-state index in [-0.39, 0.29) is 17.7 Å². The summed E-state index contributed by atoms with van der Waals surface area (Å²) in [5, 5.41) is 1.97. The highest BCUT2D eigenvalue weighted by Gasteiger charge is 2.20. The number of fused-ring (bicyclic) bond motifs is 1. The van der Waals surface area contributed by atoms with E-state index >= 15 is 0 Å². The number of imidazole rings is 1. The van der Waals surface area contributed by atoms with E-state index in [1.807, 2.05) is 36.0 Å². The molecule has 0 aromatic carbocycles. The Morgan fingerprint density at radius 3 is 3.06 bits per heavy atom. The number of carbonyl (C=O) groups excluding carboxylic acids is 1. The smallest absolute Gasteiger partial charge is 0.193 e. The van der Waals surface area contributed by atoms with E-state index in [0.29, 0.717) is 6.42 Å². The summed E-state index contributed by atoms with van der Waals surface area (Å²) in [6, 6.07) is -0.375. The molecular weight excluding hydrogens is 234 g/mol. The number of hydrogen-bond donors (Lipinski definition) is 1. The van der Waals surface area contributed by atoms with Crippen molar-refractivity contribution in [1.29, 1.82) is 0 Å². The Balaban J connectivity index is 2.06. The van der Waals surface area contributed by atoms with E-state index in [1.54, 1.807) is 11.3 Å². The number of nitrogens with zero attached hydrogens (tertiary/aromatic N) is 2. The van der Waals surface area contributed by atoms with Crippen LogP contribution in [0.5, 0.6) is 0 Å². The summed E-state index contributed by atoms with van der Waals surface area (Å²) in [6.45, 7) is 4.05. The average Bonchev–Trinajstić information content (AvgIpc) is 2.87. The van der Waals surface area contributed by atoms with Crippen LogP contribution in [-0.2, 0) is 11.2 Å². The van der Waals surface area contributed by atoms with Gasteiger partial charge in [-0.1, -0.05) is 20.3 Å². The first kappa shape index (κ1) is 12.3. The van der Waals surface area contributed by atoms with E-state index in [9.17, 15) is 4.79 Å². The number of Topliss-reactive ketones (excluding diaryl/α,β-unsaturated/α-hetero) is 1. The highest BCUT2D eigenvalue weighted by Crippen LogP contribution is 2.13. The van der Waals surface area contributed by atoms with Crippen LogP contribution in [0.25, 0.3) is 4.96 Å². The molecule has 0 bridgehead atoms. The molecule has 92 valence electrons. The maximum absolute atomic E-state index is 11.9. The molecule has 2 heterocycles. The third-order valence-corrected chi connectivity index (χ3v) is 3.90. The molecule has 0 aliphatic heterocycles. The molecule has 0 aliphatic rings. The molecule has 0 spiro atoms. The van der Waals surface area contributed by atoms with E-state index in [0.717, 1.165) is 17.1 Å². The minimum atomic E-state index is -0.375. The summed E-state index contributed by atoms with van der Waals surface area (Å²) in [6.07, 6.45) is 5.09. The first-order valence-corrected chi connectivity index (χ1v) is 6.69. The zero-order valence-electron chi connectivity index (χ0n) is 10.1. The Labute approximate surface area is 104 Å². The van der Waals surface area contributed by atoms with Gasteiger partial charge in [0.2, 0.25) is 0 Å². The fraction of sp³-hybridized carbons (Fsp3) is 0.500. The molecule has 2 N–H and O–H groups in total. The third kappa shape index (κ3) is 2.56. The number of rotatable bonds is 5. The summed E-state index contributed by atoms with van der Waals surface area (Å²) >= 11 is 1.56. The SMILES string of the molecule is CCC(C)C(N)C(=O)Cc1cn2ccsc2n1. The van der Waals surface area contributed by atoms with Gasteiger partial charge in [0, 0.05) is 17.8 Å². The molecule has 0 amide bonds. The van der Waals surface area contributed by atoms with Crippen molar-refractivity contribution >= 4 is 22.1 Å².